The molecule has 0 radical (unpaired) electrons. The molecule has 3 heterocycles. The van der Waals surface area contributed by atoms with Crippen LogP contribution in [0, 0.1) is 17.8 Å². The smallest absolute Gasteiger partial charge is 0.334 e. The number of carbonyl (C=O) groups excluding carboxylic acids is 12. The van der Waals surface area contributed by atoms with Crippen molar-refractivity contribution in [2.24, 2.45) is 29.2 Å². The Morgan fingerprint density at radius 1 is 0.589 bits per heavy atom. The number of nitrogens with zero attached hydrogens (tertiary/aromatic N) is 1. The monoisotopic (exact) mass is 1500 g/mol. The average molecular weight is 1510 g/mol. The van der Waals surface area contributed by atoms with Gasteiger partial charge in [0, 0.05) is 38.6 Å². The molecular weight excluding hydrogens is 1390 g/mol. The van der Waals surface area contributed by atoms with Crippen LogP contribution in [-0.2, 0) is 80.0 Å². The molecule has 5 rings (SSSR count). The van der Waals surface area contributed by atoms with Crippen LogP contribution in [0.1, 0.15) is 207 Å². The first-order chi connectivity index (χ1) is 50.7. The molecule has 1 saturated heterocycles. The number of phenols is 1. The van der Waals surface area contributed by atoms with Crippen LogP contribution in [-0.4, -0.2) is 199 Å². The number of nitrogens with two attached hydrogens (primary N) is 2. The fourth-order valence-electron chi connectivity index (χ4n) is 12.5. The lowest BCUT2D eigenvalue weighted by atomic mass is 9.97. The summed E-state index contributed by atoms with van der Waals surface area (Å²) < 4.78 is 5.84. The molecule has 2 aromatic carbocycles. The zero-order valence-corrected chi connectivity index (χ0v) is 62.8. The van der Waals surface area contributed by atoms with Crippen molar-refractivity contribution in [3.8, 4) is 11.5 Å². The lowest BCUT2D eigenvalue weighted by molar-refractivity contribution is -0.144. The molecule has 32 heteroatoms. The molecule has 2 bridgehead atoms. The standard InChI is InChI=1S/C75H116N12O20/c1-8-44(5)20-16-14-12-10-11-13-15-17-21-50(90)42-60(92)78-53(33-36-61(93)94)67(98)79-52(22-18-38-76)66(97)82-57-41-48-26-30-51(31-27-48)107-75(106)64(45(6)9-2)85-70(101)56(40-47-24-28-49(89)29-25-47)83-68(99)54(32-35-59(77)91)80-72(103)58-23-19-39-87(58)74(105)63(43(3)4)84-69(100)55(34-37-62(95)96)81-73(104)65(46(7)88)86-71(57)102/h24-31,43-46,50,52-58,63-65,88-90H,8-23,32-42,76H2,1-7H3,(H2,77,91)(H,78,92)(H,79,98)(H,80,103)(H,81,104)(H,82,97)(H,83,99)(H,84,100)(H,85,101)(H,86,102)(H,93,94)(H,95,96)/t44?,45-,46+,50?,52-,53-,54-,55-,56-,57-,58-,63+,64-,65-/m0/s1. The zero-order valence-electron chi connectivity index (χ0n) is 62.8. The Labute approximate surface area is 625 Å². The number of nitrogens with one attached hydrogen (secondary N) is 9. The number of aliphatic carboxylic acids is 2. The van der Waals surface area contributed by atoms with E-state index in [0.29, 0.717) is 24.8 Å². The Morgan fingerprint density at radius 2 is 1.14 bits per heavy atom. The van der Waals surface area contributed by atoms with E-state index in [4.69, 9.17) is 16.2 Å². The van der Waals surface area contributed by atoms with Gasteiger partial charge in [0.1, 0.15) is 71.9 Å². The van der Waals surface area contributed by atoms with Gasteiger partial charge in [-0.15, -0.1) is 0 Å². The van der Waals surface area contributed by atoms with E-state index >= 15 is 0 Å². The molecule has 14 atom stereocenters. The van der Waals surface area contributed by atoms with E-state index in [9.17, 15) is 92.7 Å². The van der Waals surface area contributed by atoms with Crippen molar-refractivity contribution in [1.82, 2.24) is 52.8 Å². The quantitative estimate of drug-likeness (QED) is 0.0199. The normalized spacial score (nSPS) is 22.0. The maximum atomic E-state index is 14.9. The second-order valence-electron chi connectivity index (χ2n) is 28.7. The third kappa shape index (κ3) is 32.0. The topological polar surface area (TPSA) is 513 Å². The predicted octanol–water partition coefficient (Wildman–Crippen LogP) is 1.97. The number of hydrogen-bond acceptors (Lipinski definition) is 19. The lowest BCUT2D eigenvalue weighted by Crippen LogP contribution is -2.62. The van der Waals surface area contributed by atoms with Gasteiger partial charge in [-0.25, -0.2) is 4.79 Å². The lowest BCUT2D eigenvalue weighted by Gasteiger charge is -2.32. The average Bonchev–Trinajstić information content (AvgIpc) is 1.76. The molecule has 107 heavy (non-hydrogen) atoms. The van der Waals surface area contributed by atoms with Crippen LogP contribution in [0.3, 0.4) is 0 Å². The summed E-state index contributed by atoms with van der Waals surface area (Å²) in [6.07, 6.45) is 3.99. The van der Waals surface area contributed by atoms with Crippen molar-refractivity contribution < 1.29 is 97.4 Å². The van der Waals surface area contributed by atoms with Crippen LogP contribution in [0.2, 0.25) is 0 Å². The minimum Gasteiger partial charge on any atom is -0.508 e. The number of unbranched alkanes of at least 4 members (excludes halogenated alkanes) is 7. The van der Waals surface area contributed by atoms with Crippen LogP contribution >= 0.6 is 0 Å². The number of aliphatic hydroxyl groups excluding tert-OH is 2. The van der Waals surface area contributed by atoms with Gasteiger partial charge in [-0.3, -0.25) is 62.3 Å². The molecule has 2 unspecified atom stereocenters. The fraction of sp³-hybridized carbons (Fsp3) is 0.653. The summed E-state index contributed by atoms with van der Waals surface area (Å²) in [5, 5.41) is 74.6. The molecule has 1 fully saturated rings. The number of carboxylic acids is 2. The highest BCUT2D eigenvalue weighted by atomic mass is 16.5. The minimum absolute atomic E-state index is 0.0236. The van der Waals surface area contributed by atoms with Crippen LogP contribution in [0.4, 0.5) is 0 Å². The van der Waals surface area contributed by atoms with Crippen molar-refractivity contribution in [2.45, 2.75) is 282 Å². The summed E-state index contributed by atoms with van der Waals surface area (Å²) in [5.41, 5.74) is 12.1. The predicted molar refractivity (Wildman–Crippen MR) is 392 cm³/mol. The number of phenolic OH excluding ortho intramolecular Hbond substituents is 1. The molecule has 2 aromatic rings. The number of carboxylic acid groups (broad SMARTS) is 2. The second kappa shape index (κ2) is 46.7. The Bertz CT molecular complexity index is 3280. The van der Waals surface area contributed by atoms with E-state index in [1.807, 2.05) is 0 Å². The van der Waals surface area contributed by atoms with E-state index in [1.54, 1.807) is 27.7 Å². The van der Waals surface area contributed by atoms with Crippen molar-refractivity contribution >= 4 is 82.9 Å². The van der Waals surface area contributed by atoms with E-state index < -0.39 is 219 Å². The maximum absolute atomic E-state index is 14.9. The number of esters is 1. The van der Waals surface area contributed by atoms with Crippen molar-refractivity contribution in [1.29, 1.82) is 0 Å². The van der Waals surface area contributed by atoms with E-state index in [-0.39, 0.29) is 62.3 Å². The molecule has 0 aliphatic carbocycles. The number of aliphatic hydroxyl groups is 2. The fourth-order valence-corrected chi connectivity index (χ4v) is 12.5. The van der Waals surface area contributed by atoms with Gasteiger partial charge in [0.05, 0.1) is 18.6 Å². The number of primary amides is 1. The number of aromatic hydroxyl groups is 1. The molecule has 3 aliphatic rings. The van der Waals surface area contributed by atoms with Gasteiger partial charge >= 0.3 is 17.9 Å². The van der Waals surface area contributed by atoms with E-state index in [2.05, 4.69) is 61.7 Å². The maximum Gasteiger partial charge on any atom is 0.334 e. The molecule has 3 aliphatic heterocycles. The molecule has 596 valence electrons. The number of hydrogen-bond donors (Lipinski definition) is 16. The molecule has 0 aromatic heterocycles. The Morgan fingerprint density at radius 3 is 1.72 bits per heavy atom. The van der Waals surface area contributed by atoms with E-state index in [1.165, 1.54) is 74.2 Å². The highest BCUT2D eigenvalue weighted by Gasteiger charge is 2.43. The van der Waals surface area contributed by atoms with Crippen LogP contribution in [0.5, 0.6) is 11.5 Å². The SMILES string of the molecule is CCC(C)CCCCCCCCCCC(O)CC(=O)N[C@@H](CCC(=O)O)C(=O)N[C@@H](CCCN)C(=O)N[C@H]1Cc2ccc(cc2)OC(=O)[C@H]([C@@H](C)CC)NC(=O)[C@H](Cc2ccc(O)cc2)NC(=O)[C@H](CCC(N)=O)NC(=O)[C@@H]2CCCN2C(=O)[C@@H](C(C)C)NC(=O)[C@H](CCC(=O)O)NC(=O)[C@H]([C@@H](C)O)NC1=O. The number of ether oxygens (including phenoxy) is 1. The summed E-state index contributed by atoms with van der Waals surface area (Å²) in [6.45, 7) is 12.0. The summed E-state index contributed by atoms with van der Waals surface area (Å²) in [4.78, 5) is 196. The van der Waals surface area contributed by atoms with E-state index in [0.717, 1.165) is 49.8 Å². The van der Waals surface area contributed by atoms with Gasteiger partial charge in [-0.05, 0) is 118 Å². The number of fused-ring (bicyclic) bond motifs is 23. The van der Waals surface area contributed by atoms with Gasteiger partial charge in [0.15, 0.2) is 0 Å². The first-order valence-electron chi connectivity index (χ1n) is 37.6. The van der Waals surface area contributed by atoms with Gasteiger partial charge in [0.2, 0.25) is 65.0 Å². The summed E-state index contributed by atoms with van der Waals surface area (Å²) >= 11 is 0. The molecule has 32 nitrogen and oxygen atoms in total. The van der Waals surface area contributed by atoms with Crippen LogP contribution < -0.4 is 64.1 Å². The molecule has 0 saturated carbocycles. The summed E-state index contributed by atoms with van der Waals surface area (Å²) in [5.74, 6) is -15.4. The number of amides is 11. The molecular formula is C75H116N12O20. The number of rotatable bonds is 37. The van der Waals surface area contributed by atoms with Gasteiger partial charge in [-0.1, -0.05) is 136 Å². The Hall–Kier alpha value is -9.30. The Balaban J connectivity index is 1.77. The van der Waals surface area contributed by atoms with Crippen molar-refractivity contribution in [2.75, 3.05) is 13.1 Å². The van der Waals surface area contributed by atoms with Crippen molar-refractivity contribution in [3.05, 3.63) is 59.7 Å². The largest absolute Gasteiger partial charge is 0.508 e. The first kappa shape index (κ1) is 90.1. The summed E-state index contributed by atoms with van der Waals surface area (Å²) in [6, 6.07) is -4.88. The Kier molecular flexibility index (Phi) is 39.3. The zero-order chi connectivity index (χ0) is 79.4. The van der Waals surface area contributed by atoms with Crippen molar-refractivity contribution in [3.63, 3.8) is 0 Å². The third-order valence-corrected chi connectivity index (χ3v) is 19.4. The van der Waals surface area contributed by atoms with Gasteiger partial charge in [0.25, 0.3) is 0 Å². The van der Waals surface area contributed by atoms with Gasteiger partial charge in [-0.2, -0.15) is 0 Å². The van der Waals surface area contributed by atoms with Crippen LogP contribution in [0.25, 0.3) is 0 Å². The first-order valence-corrected chi connectivity index (χ1v) is 37.6. The van der Waals surface area contributed by atoms with Crippen LogP contribution in [0.15, 0.2) is 48.5 Å². The third-order valence-electron chi connectivity index (χ3n) is 19.4. The number of benzene rings is 2. The second-order valence-corrected chi connectivity index (χ2v) is 28.7. The highest BCUT2D eigenvalue weighted by molar-refractivity contribution is 6.00. The highest BCUT2D eigenvalue weighted by Crippen LogP contribution is 2.24. The minimum atomic E-state index is -1.99. The number of carbonyl (C=O) groups is 14. The van der Waals surface area contributed by atoms with Gasteiger partial charge < -0.3 is 94.5 Å². The summed E-state index contributed by atoms with van der Waals surface area (Å²) in [7, 11) is 0. The molecule has 11 amide bonds. The molecule has 0 spiro atoms. The molecule has 18 N–H and O–H groups in total.